The Morgan fingerprint density at radius 2 is 2.04 bits per heavy atom. The van der Waals surface area contributed by atoms with E-state index in [2.05, 4.69) is 4.74 Å². The highest BCUT2D eigenvalue weighted by Crippen LogP contribution is 2.36. The van der Waals surface area contributed by atoms with E-state index in [4.69, 9.17) is 5.73 Å². The third-order valence-electron chi connectivity index (χ3n) is 3.83. The first-order valence-corrected chi connectivity index (χ1v) is 8.49. The molecule has 0 bridgehead atoms. The topological polar surface area (TPSA) is 58.7 Å². The Kier molecular flexibility index (Phi) is 8.85. The number of nitrogens with zero attached hydrogens (tertiary/aromatic N) is 1. The van der Waals surface area contributed by atoms with E-state index in [0.29, 0.717) is 17.8 Å². The number of ether oxygens (including phenoxy) is 1. The van der Waals surface area contributed by atoms with E-state index in [1.807, 2.05) is 57.0 Å². The zero-order valence-corrected chi connectivity index (χ0v) is 15.7. The van der Waals surface area contributed by atoms with Gasteiger partial charge in [-0.15, -0.1) is 0 Å². The summed E-state index contributed by atoms with van der Waals surface area (Å²) in [7, 11) is 1.91. The van der Waals surface area contributed by atoms with Gasteiger partial charge in [-0.2, -0.15) is 8.78 Å². The van der Waals surface area contributed by atoms with Crippen LogP contribution in [0.25, 0.3) is 0 Å². The number of rotatable bonds is 9. The van der Waals surface area contributed by atoms with Gasteiger partial charge in [-0.25, -0.2) is 0 Å². The molecule has 1 atom stereocenters. The minimum Gasteiger partial charge on any atom is -0.507 e. The molecule has 0 aliphatic carbocycles. The van der Waals surface area contributed by atoms with Crippen molar-refractivity contribution in [3.8, 4) is 11.5 Å². The first-order valence-electron chi connectivity index (χ1n) is 8.49. The lowest BCUT2D eigenvalue weighted by Gasteiger charge is -2.29. The first kappa shape index (κ1) is 21.7. The lowest BCUT2D eigenvalue weighted by Crippen LogP contribution is -2.26. The Balaban J connectivity index is 3.24. The third kappa shape index (κ3) is 6.88. The fourth-order valence-electron chi connectivity index (χ4n) is 2.60. The zero-order chi connectivity index (χ0) is 19.7. The molecule has 0 aliphatic heterocycles. The standard InChI is InChI=1S/C20H28F2N2O2/c1-5-6-7-8-14(2)19(24(4)12-11-15(3)23)17-10-9-16(13-18(17)25)26-20(21)22/h6-11,13,19-20,25H,5,12,23H2,1-4H3/b7-6-,14-8+,15-11+. The van der Waals surface area contributed by atoms with Gasteiger partial charge in [-0.05, 0) is 39.4 Å². The first-order chi connectivity index (χ1) is 12.3. The number of benzene rings is 1. The van der Waals surface area contributed by atoms with E-state index in [0.717, 1.165) is 12.0 Å². The average Bonchev–Trinajstić information content (AvgIpc) is 2.55. The number of phenolic OH excluding ortho intramolecular Hbond substituents is 1. The maximum absolute atomic E-state index is 12.4. The molecule has 0 spiro atoms. The van der Waals surface area contributed by atoms with E-state index in [9.17, 15) is 13.9 Å². The molecule has 0 radical (unpaired) electrons. The summed E-state index contributed by atoms with van der Waals surface area (Å²) < 4.78 is 29.1. The van der Waals surface area contributed by atoms with Crippen molar-refractivity contribution >= 4 is 0 Å². The largest absolute Gasteiger partial charge is 0.507 e. The zero-order valence-electron chi connectivity index (χ0n) is 15.7. The summed E-state index contributed by atoms with van der Waals surface area (Å²) in [5.41, 5.74) is 8.03. The van der Waals surface area contributed by atoms with Gasteiger partial charge in [-0.1, -0.05) is 36.8 Å². The smallest absolute Gasteiger partial charge is 0.387 e. The fourth-order valence-corrected chi connectivity index (χ4v) is 2.60. The van der Waals surface area contributed by atoms with Gasteiger partial charge in [0.15, 0.2) is 0 Å². The average molecular weight is 366 g/mol. The number of allylic oxidation sites excluding steroid dienone is 4. The molecule has 1 unspecified atom stereocenters. The Bertz CT molecular complexity index is 666. The molecule has 3 N–H and O–H groups in total. The lowest BCUT2D eigenvalue weighted by atomic mass is 9.96. The molecule has 6 heteroatoms. The van der Waals surface area contributed by atoms with Crippen molar-refractivity contribution in [2.45, 2.75) is 39.8 Å². The number of aromatic hydroxyl groups is 1. The maximum atomic E-state index is 12.4. The van der Waals surface area contributed by atoms with Gasteiger partial charge in [-0.3, -0.25) is 4.90 Å². The summed E-state index contributed by atoms with van der Waals surface area (Å²) >= 11 is 0. The predicted molar refractivity (Wildman–Crippen MR) is 101 cm³/mol. The van der Waals surface area contributed by atoms with Crippen LogP contribution in [0.4, 0.5) is 8.78 Å². The molecule has 144 valence electrons. The molecule has 0 saturated carbocycles. The molecule has 4 nitrogen and oxygen atoms in total. The van der Waals surface area contributed by atoms with E-state index in [-0.39, 0.29) is 17.5 Å². The number of nitrogens with two attached hydrogens (primary N) is 1. The van der Waals surface area contributed by atoms with Gasteiger partial charge in [0.2, 0.25) is 0 Å². The summed E-state index contributed by atoms with van der Waals surface area (Å²) in [5.74, 6) is -0.173. The Labute approximate surface area is 154 Å². The Hall–Kier alpha value is -2.34. The molecular formula is C20H28F2N2O2. The lowest BCUT2D eigenvalue weighted by molar-refractivity contribution is -0.0499. The van der Waals surface area contributed by atoms with Crippen molar-refractivity contribution in [1.29, 1.82) is 0 Å². The van der Waals surface area contributed by atoms with E-state index in [1.165, 1.54) is 12.1 Å². The van der Waals surface area contributed by atoms with Crippen LogP contribution in [-0.4, -0.2) is 30.2 Å². The number of phenols is 1. The second-order valence-electron chi connectivity index (χ2n) is 6.14. The SMILES string of the molecule is CC/C=C\C=C(/C)C(c1ccc(OC(F)F)cc1O)N(C)C/C=C(\C)N. The second kappa shape index (κ2) is 10.6. The molecule has 1 aromatic carbocycles. The van der Waals surface area contributed by atoms with Gasteiger partial charge in [0, 0.05) is 23.9 Å². The minimum atomic E-state index is -2.93. The highest BCUT2D eigenvalue weighted by Gasteiger charge is 2.22. The molecule has 0 aromatic heterocycles. The van der Waals surface area contributed by atoms with Crippen LogP contribution in [0, 0.1) is 0 Å². The molecule has 0 fully saturated rings. The second-order valence-corrected chi connectivity index (χ2v) is 6.14. The van der Waals surface area contributed by atoms with Crippen molar-refractivity contribution in [3.63, 3.8) is 0 Å². The Morgan fingerprint density at radius 3 is 2.58 bits per heavy atom. The van der Waals surface area contributed by atoms with Crippen LogP contribution in [0.5, 0.6) is 11.5 Å². The maximum Gasteiger partial charge on any atom is 0.387 e. The van der Waals surface area contributed by atoms with E-state index >= 15 is 0 Å². The van der Waals surface area contributed by atoms with Gasteiger partial charge >= 0.3 is 6.61 Å². The van der Waals surface area contributed by atoms with Crippen LogP contribution >= 0.6 is 0 Å². The number of likely N-dealkylation sites (N-methyl/N-ethyl adjacent to an activating group) is 1. The van der Waals surface area contributed by atoms with Crippen LogP contribution in [0.15, 0.2) is 53.8 Å². The summed E-state index contributed by atoms with van der Waals surface area (Å²) in [6.07, 6.45) is 8.78. The Morgan fingerprint density at radius 1 is 1.35 bits per heavy atom. The predicted octanol–water partition coefficient (Wildman–Crippen LogP) is 4.74. The highest BCUT2D eigenvalue weighted by atomic mass is 19.3. The van der Waals surface area contributed by atoms with Crippen LogP contribution in [-0.2, 0) is 0 Å². The molecule has 0 saturated heterocycles. The van der Waals surface area contributed by atoms with Gasteiger partial charge in [0.05, 0.1) is 6.04 Å². The van der Waals surface area contributed by atoms with Crippen molar-refractivity contribution in [3.05, 3.63) is 59.3 Å². The van der Waals surface area contributed by atoms with Crippen LogP contribution in [0.2, 0.25) is 0 Å². The summed E-state index contributed by atoms with van der Waals surface area (Å²) in [6, 6.07) is 4.00. The van der Waals surface area contributed by atoms with Crippen LogP contribution < -0.4 is 10.5 Å². The van der Waals surface area contributed by atoms with Crippen molar-refractivity contribution < 1.29 is 18.6 Å². The molecule has 1 rings (SSSR count). The van der Waals surface area contributed by atoms with Crippen molar-refractivity contribution in [2.24, 2.45) is 5.73 Å². The number of halogens is 2. The quantitative estimate of drug-likeness (QED) is 0.620. The van der Waals surface area contributed by atoms with Gasteiger partial charge < -0.3 is 15.6 Å². The number of hydrogen-bond donors (Lipinski definition) is 2. The summed E-state index contributed by atoms with van der Waals surface area (Å²) in [6.45, 7) is 3.46. The van der Waals surface area contributed by atoms with Crippen molar-refractivity contribution in [1.82, 2.24) is 4.90 Å². The summed E-state index contributed by atoms with van der Waals surface area (Å²) in [4.78, 5) is 2.02. The summed E-state index contributed by atoms with van der Waals surface area (Å²) in [5, 5.41) is 10.4. The highest BCUT2D eigenvalue weighted by molar-refractivity contribution is 5.44. The van der Waals surface area contributed by atoms with Crippen molar-refractivity contribution in [2.75, 3.05) is 13.6 Å². The fraction of sp³-hybridized carbons (Fsp3) is 0.400. The number of alkyl halides is 2. The van der Waals surface area contributed by atoms with Crippen LogP contribution in [0.1, 0.15) is 38.8 Å². The number of hydrogen-bond acceptors (Lipinski definition) is 4. The minimum absolute atomic E-state index is 0.0761. The molecule has 0 aliphatic rings. The normalized spacial score (nSPS) is 14.5. The molecular weight excluding hydrogens is 338 g/mol. The monoisotopic (exact) mass is 366 g/mol. The molecule has 0 amide bonds. The molecule has 26 heavy (non-hydrogen) atoms. The van der Waals surface area contributed by atoms with E-state index < -0.39 is 6.61 Å². The molecule has 0 heterocycles. The van der Waals surface area contributed by atoms with Crippen LogP contribution in [0.3, 0.4) is 0 Å². The van der Waals surface area contributed by atoms with E-state index in [1.54, 1.807) is 6.07 Å². The molecule has 1 aromatic rings. The van der Waals surface area contributed by atoms with Gasteiger partial charge in [0.1, 0.15) is 11.5 Å². The van der Waals surface area contributed by atoms with Gasteiger partial charge in [0.25, 0.3) is 0 Å². The third-order valence-corrected chi connectivity index (χ3v) is 3.83.